The molecule has 0 aliphatic rings. The molecule has 0 aliphatic carbocycles. The van der Waals surface area contributed by atoms with Crippen LogP contribution in [0.2, 0.25) is 0 Å². The van der Waals surface area contributed by atoms with Crippen molar-refractivity contribution >= 4 is 10.0 Å². The molecular formula is C8H20N2O2S. The average molecular weight is 208 g/mol. The summed E-state index contributed by atoms with van der Waals surface area (Å²) in [6.45, 7) is 3.11. The first-order valence-corrected chi connectivity index (χ1v) is 6.45. The monoisotopic (exact) mass is 208 g/mol. The zero-order valence-corrected chi connectivity index (χ0v) is 9.07. The fraction of sp³-hybridized carbons (Fsp3) is 1.00. The fourth-order valence-corrected chi connectivity index (χ4v) is 2.17. The SMILES string of the molecule is CCCCS(=O)(=O)NCCCCN. The normalized spacial score (nSPS) is 11.8. The maximum atomic E-state index is 11.2. The minimum Gasteiger partial charge on any atom is -0.330 e. The van der Waals surface area contributed by atoms with Crippen LogP contribution in [0.25, 0.3) is 0 Å². The molecule has 0 aromatic carbocycles. The van der Waals surface area contributed by atoms with Gasteiger partial charge in [-0.05, 0) is 25.8 Å². The second-order valence-electron chi connectivity index (χ2n) is 3.06. The molecule has 0 radical (unpaired) electrons. The fourth-order valence-electron chi connectivity index (χ4n) is 0.904. The van der Waals surface area contributed by atoms with E-state index in [1.165, 1.54) is 0 Å². The third kappa shape index (κ3) is 8.21. The number of hydrogen-bond donors (Lipinski definition) is 2. The number of sulfonamides is 1. The Bertz CT molecular complexity index is 202. The number of nitrogens with two attached hydrogens (primary N) is 1. The lowest BCUT2D eigenvalue weighted by Gasteiger charge is -2.04. The quantitative estimate of drug-likeness (QED) is 0.569. The summed E-state index contributed by atoms with van der Waals surface area (Å²) in [6, 6.07) is 0. The van der Waals surface area contributed by atoms with Crippen molar-refractivity contribution in [2.45, 2.75) is 32.6 Å². The molecule has 0 aromatic rings. The van der Waals surface area contributed by atoms with Gasteiger partial charge in [0.2, 0.25) is 10.0 Å². The molecule has 0 amide bonds. The Morgan fingerprint density at radius 2 is 1.92 bits per heavy atom. The highest BCUT2D eigenvalue weighted by Crippen LogP contribution is 1.94. The highest BCUT2D eigenvalue weighted by molar-refractivity contribution is 7.89. The average Bonchev–Trinajstić information content (AvgIpc) is 2.09. The third-order valence-electron chi connectivity index (χ3n) is 1.72. The molecule has 80 valence electrons. The predicted molar refractivity (Wildman–Crippen MR) is 55.0 cm³/mol. The van der Waals surface area contributed by atoms with Gasteiger partial charge in [0.25, 0.3) is 0 Å². The van der Waals surface area contributed by atoms with Gasteiger partial charge in [-0.2, -0.15) is 0 Å². The lowest BCUT2D eigenvalue weighted by Crippen LogP contribution is -2.27. The van der Waals surface area contributed by atoms with Crippen LogP contribution < -0.4 is 10.5 Å². The smallest absolute Gasteiger partial charge is 0.211 e. The molecule has 0 bridgehead atoms. The van der Waals surface area contributed by atoms with Gasteiger partial charge in [-0.25, -0.2) is 13.1 Å². The molecule has 0 rings (SSSR count). The molecule has 0 heterocycles. The zero-order chi connectivity index (χ0) is 10.2. The van der Waals surface area contributed by atoms with Gasteiger partial charge in [-0.1, -0.05) is 13.3 Å². The summed E-state index contributed by atoms with van der Waals surface area (Å²) in [7, 11) is -3.02. The van der Waals surface area contributed by atoms with Crippen LogP contribution in [0, 0.1) is 0 Å². The Balaban J connectivity index is 3.52. The van der Waals surface area contributed by atoms with Crippen LogP contribution in [0.15, 0.2) is 0 Å². The molecule has 4 nitrogen and oxygen atoms in total. The van der Waals surface area contributed by atoms with E-state index in [0.29, 0.717) is 13.1 Å². The van der Waals surface area contributed by atoms with E-state index in [4.69, 9.17) is 5.73 Å². The van der Waals surface area contributed by atoms with E-state index in [2.05, 4.69) is 4.72 Å². The second-order valence-corrected chi connectivity index (χ2v) is 4.99. The molecule has 5 heteroatoms. The molecule has 0 aromatic heterocycles. The van der Waals surface area contributed by atoms with E-state index in [-0.39, 0.29) is 5.75 Å². The van der Waals surface area contributed by atoms with Crippen molar-refractivity contribution in [1.29, 1.82) is 0 Å². The van der Waals surface area contributed by atoms with Gasteiger partial charge in [0, 0.05) is 6.54 Å². The molecule has 0 spiro atoms. The molecule has 0 atom stereocenters. The van der Waals surface area contributed by atoms with E-state index < -0.39 is 10.0 Å². The highest BCUT2D eigenvalue weighted by atomic mass is 32.2. The summed E-state index contributed by atoms with van der Waals surface area (Å²) in [5, 5.41) is 0. The van der Waals surface area contributed by atoms with Crippen molar-refractivity contribution in [3.05, 3.63) is 0 Å². The van der Waals surface area contributed by atoms with Crippen LogP contribution in [0.3, 0.4) is 0 Å². The Kier molecular flexibility index (Phi) is 7.22. The largest absolute Gasteiger partial charge is 0.330 e. The van der Waals surface area contributed by atoms with Gasteiger partial charge < -0.3 is 5.73 Å². The summed E-state index contributed by atoms with van der Waals surface area (Å²) < 4.78 is 25.0. The summed E-state index contributed by atoms with van der Waals surface area (Å²) in [5.41, 5.74) is 5.28. The van der Waals surface area contributed by atoms with Gasteiger partial charge in [-0.3, -0.25) is 0 Å². The van der Waals surface area contributed by atoms with E-state index >= 15 is 0 Å². The van der Waals surface area contributed by atoms with Crippen LogP contribution in [0.1, 0.15) is 32.6 Å². The van der Waals surface area contributed by atoms with Gasteiger partial charge in [0.1, 0.15) is 0 Å². The molecule has 0 fully saturated rings. The van der Waals surface area contributed by atoms with Crippen molar-refractivity contribution in [3.8, 4) is 0 Å². The molecule has 0 aliphatic heterocycles. The van der Waals surface area contributed by atoms with Crippen LogP contribution in [0.4, 0.5) is 0 Å². The maximum Gasteiger partial charge on any atom is 0.211 e. The van der Waals surface area contributed by atoms with E-state index in [0.717, 1.165) is 25.7 Å². The van der Waals surface area contributed by atoms with E-state index in [9.17, 15) is 8.42 Å². The molecule has 0 unspecified atom stereocenters. The summed E-state index contributed by atoms with van der Waals surface area (Å²) in [6.07, 6.45) is 3.33. The van der Waals surface area contributed by atoms with Gasteiger partial charge >= 0.3 is 0 Å². The standard InChI is InChI=1S/C8H20N2O2S/c1-2-3-8-13(11,12)10-7-5-4-6-9/h10H,2-9H2,1H3. The van der Waals surface area contributed by atoms with Crippen LogP contribution >= 0.6 is 0 Å². The number of unbranched alkanes of at least 4 members (excludes halogenated alkanes) is 2. The Hall–Kier alpha value is -0.130. The first kappa shape index (κ1) is 12.9. The van der Waals surface area contributed by atoms with Gasteiger partial charge in [0.15, 0.2) is 0 Å². The molecule has 13 heavy (non-hydrogen) atoms. The molecule has 0 saturated carbocycles. The predicted octanol–water partition coefficient (Wildman–Crippen LogP) is 0.445. The summed E-state index contributed by atoms with van der Waals surface area (Å²) >= 11 is 0. The number of hydrogen-bond acceptors (Lipinski definition) is 3. The van der Waals surface area contributed by atoms with Crippen molar-refractivity contribution in [3.63, 3.8) is 0 Å². The second kappa shape index (κ2) is 7.29. The van der Waals surface area contributed by atoms with Crippen LogP contribution in [-0.2, 0) is 10.0 Å². The van der Waals surface area contributed by atoms with Crippen molar-refractivity contribution in [2.24, 2.45) is 5.73 Å². The molecular weight excluding hydrogens is 188 g/mol. The lowest BCUT2D eigenvalue weighted by atomic mass is 10.3. The van der Waals surface area contributed by atoms with Crippen LogP contribution in [0.5, 0.6) is 0 Å². The first-order valence-electron chi connectivity index (χ1n) is 4.80. The van der Waals surface area contributed by atoms with Crippen molar-refractivity contribution in [2.75, 3.05) is 18.8 Å². The van der Waals surface area contributed by atoms with Crippen LogP contribution in [-0.4, -0.2) is 27.3 Å². The van der Waals surface area contributed by atoms with E-state index in [1.807, 2.05) is 6.92 Å². The Morgan fingerprint density at radius 1 is 1.23 bits per heavy atom. The van der Waals surface area contributed by atoms with E-state index in [1.54, 1.807) is 0 Å². The number of nitrogens with one attached hydrogen (secondary N) is 1. The highest BCUT2D eigenvalue weighted by Gasteiger charge is 2.07. The minimum absolute atomic E-state index is 0.242. The Labute approximate surface area is 80.9 Å². The topological polar surface area (TPSA) is 72.2 Å². The Morgan fingerprint density at radius 3 is 2.46 bits per heavy atom. The summed E-state index contributed by atoms with van der Waals surface area (Å²) in [4.78, 5) is 0. The number of rotatable bonds is 8. The molecule has 0 saturated heterocycles. The minimum atomic E-state index is -3.02. The maximum absolute atomic E-state index is 11.2. The first-order chi connectivity index (χ1) is 6.12. The van der Waals surface area contributed by atoms with Crippen molar-refractivity contribution < 1.29 is 8.42 Å². The molecule has 3 N–H and O–H groups in total. The lowest BCUT2D eigenvalue weighted by molar-refractivity contribution is 0.574. The zero-order valence-electron chi connectivity index (χ0n) is 8.25. The summed E-state index contributed by atoms with van der Waals surface area (Å²) in [5.74, 6) is 0.242. The van der Waals surface area contributed by atoms with Gasteiger partial charge in [0.05, 0.1) is 5.75 Å². The third-order valence-corrected chi connectivity index (χ3v) is 3.19. The van der Waals surface area contributed by atoms with Crippen molar-refractivity contribution in [1.82, 2.24) is 4.72 Å². The van der Waals surface area contributed by atoms with Gasteiger partial charge in [-0.15, -0.1) is 0 Å².